The van der Waals surface area contributed by atoms with Crippen molar-refractivity contribution in [2.45, 2.75) is 6.04 Å². The van der Waals surface area contributed by atoms with Crippen LogP contribution < -0.4 is 21.7 Å². The third-order valence-electron chi connectivity index (χ3n) is 3.85. The van der Waals surface area contributed by atoms with E-state index < -0.39 is 17.7 Å². The molecule has 1 aliphatic heterocycles. The minimum atomic E-state index is -0.735. The van der Waals surface area contributed by atoms with Gasteiger partial charge in [-0.15, -0.1) is 0 Å². The maximum Gasteiger partial charge on any atom is 0.319 e. The number of hydrogen-bond acceptors (Lipinski definition) is 3. The number of anilines is 1. The van der Waals surface area contributed by atoms with Crippen molar-refractivity contribution in [2.24, 2.45) is 5.73 Å². The molecule has 3 rings (SSSR count). The van der Waals surface area contributed by atoms with E-state index in [0.717, 1.165) is 29.0 Å². The van der Waals surface area contributed by atoms with Gasteiger partial charge in [-0.25, -0.2) is 13.6 Å². The van der Waals surface area contributed by atoms with Gasteiger partial charge in [0.25, 0.3) is 0 Å². The molecule has 1 heterocycles. The summed E-state index contributed by atoms with van der Waals surface area (Å²) >= 11 is 2.88. The van der Waals surface area contributed by atoms with Crippen molar-refractivity contribution in [3.8, 4) is 0 Å². The Hall–Kier alpha value is -2.61. The topological polar surface area (TPSA) is 79.2 Å². The Morgan fingerprint density at radius 3 is 2.80 bits per heavy atom. The first-order valence-electron chi connectivity index (χ1n) is 7.46. The van der Waals surface area contributed by atoms with Crippen LogP contribution in [-0.2, 0) is 0 Å². The Labute approximate surface area is 151 Å². The zero-order valence-electron chi connectivity index (χ0n) is 12.9. The van der Waals surface area contributed by atoms with E-state index in [1.165, 1.54) is 6.20 Å². The minimum Gasteiger partial charge on any atom is -0.403 e. The van der Waals surface area contributed by atoms with Crippen LogP contribution in [0.2, 0.25) is 0 Å². The van der Waals surface area contributed by atoms with Crippen LogP contribution in [0, 0.1) is 11.6 Å². The predicted molar refractivity (Wildman–Crippen MR) is 95.6 cm³/mol. The molecule has 1 atom stereocenters. The normalized spacial score (nSPS) is 17.1. The number of benzene rings is 2. The summed E-state index contributed by atoms with van der Waals surface area (Å²) in [6, 6.07) is 8.74. The zero-order chi connectivity index (χ0) is 18.0. The van der Waals surface area contributed by atoms with Crippen LogP contribution in [0.3, 0.4) is 0 Å². The molecule has 8 heteroatoms. The minimum absolute atomic E-state index is 0.0104. The van der Waals surface area contributed by atoms with Gasteiger partial charge in [0.05, 0.1) is 21.9 Å². The van der Waals surface area contributed by atoms with Gasteiger partial charge < -0.3 is 21.7 Å². The first-order chi connectivity index (χ1) is 12.0. The maximum absolute atomic E-state index is 13.8. The lowest BCUT2D eigenvalue weighted by Gasteiger charge is -2.15. The highest BCUT2D eigenvalue weighted by Gasteiger charge is 2.25. The van der Waals surface area contributed by atoms with E-state index in [4.69, 9.17) is 5.73 Å². The van der Waals surface area contributed by atoms with E-state index in [9.17, 15) is 13.6 Å². The van der Waals surface area contributed by atoms with E-state index in [2.05, 4.69) is 31.9 Å². The van der Waals surface area contributed by atoms with Crippen LogP contribution in [0.25, 0.3) is 5.70 Å². The zero-order valence-corrected chi connectivity index (χ0v) is 14.5. The third kappa shape index (κ3) is 3.58. The first kappa shape index (κ1) is 17.2. The van der Waals surface area contributed by atoms with Crippen molar-refractivity contribution in [1.29, 1.82) is 0 Å². The van der Waals surface area contributed by atoms with Crippen molar-refractivity contribution >= 4 is 33.3 Å². The largest absolute Gasteiger partial charge is 0.403 e. The van der Waals surface area contributed by atoms with Crippen LogP contribution in [-0.4, -0.2) is 12.6 Å². The van der Waals surface area contributed by atoms with Crippen molar-refractivity contribution in [3.05, 3.63) is 69.8 Å². The molecule has 0 fully saturated rings. The van der Waals surface area contributed by atoms with Crippen molar-refractivity contribution in [2.75, 3.05) is 11.9 Å². The smallest absolute Gasteiger partial charge is 0.319 e. The number of rotatable bonds is 3. The number of carbonyl (C=O) groups excluding carboxylic acids is 1. The summed E-state index contributed by atoms with van der Waals surface area (Å²) in [6.45, 7) is 0.251. The Balaban J connectivity index is 1.65. The Morgan fingerprint density at radius 2 is 2.04 bits per heavy atom. The summed E-state index contributed by atoms with van der Waals surface area (Å²) in [5.41, 5.74) is 8.12. The number of urea groups is 1. The molecule has 0 aliphatic carbocycles. The van der Waals surface area contributed by atoms with Gasteiger partial charge in [0, 0.05) is 24.4 Å². The van der Waals surface area contributed by atoms with E-state index in [-0.39, 0.29) is 22.7 Å². The van der Waals surface area contributed by atoms with Crippen molar-refractivity contribution in [3.63, 3.8) is 0 Å². The molecule has 1 aliphatic rings. The summed E-state index contributed by atoms with van der Waals surface area (Å²) in [5.74, 6) is -1.40. The van der Waals surface area contributed by atoms with Gasteiger partial charge in [0.2, 0.25) is 0 Å². The number of nitrogens with one attached hydrogen (secondary N) is 3. The fourth-order valence-corrected chi connectivity index (χ4v) is 2.98. The Morgan fingerprint density at radius 1 is 1.28 bits per heavy atom. The molecule has 2 amide bonds. The lowest BCUT2D eigenvalue weighted by Crippen LogP contribution is -2.35. The van der Waals surface area contributed by atoms with Gasteiger partial charge >= 0.3 is 6.03 Å². The SMILES string of the molecule is N/C=C1\NC(CNC(=O)Nc2cc(F)c(Br)cc2F)c2ccccc21. The van der Waals surface area contributed by atoms with Gasteiger partial charge in [-0.1, -0.05) is 24.3 Å². The molecule has 0 saturated carbocycles. The lowest BCUT2D eigenvalue weighted by atomic mass is 10.0. The molecule has 5 N–H and O–H groups in total. The molecule has 0 spiro atoms. The number of nitrogens with two attached hydrogens (primary N) is 1. The van der Waals surface area contributed by atoms with E-state index in [0.29, 0.717) is 0 Å². The lowest BCUT2D eigenvalue weighted by molar-refractivity contribution is 0.251. The van der Waals surface area contributed by atoms with Crippen LogP contribution in [0.4, 0.5) is 19.3 Å². The molecular weight excluding hydrogens is 394 g/mol. The number of fused-ring (bicyclic) bond motifs is 1. The molecular formula is C17H15BrF2N4O. The van der Waals surface area contributed by atoms with Gasteiger partial charge in [-0.2, -0.15) is 0 Å². The molecule has 0 saturated heterocycles. The maximum atomic E-state index is 13.8. The Bertz CT molecular complexity index is 857. The first-order valence-corrected chi connectivity index (χ1v) is 8.26. The average Bonchev–Trinajstić information content (AvgIpc) is 2.96. The predicted octanol–water partition coefficient (Wildman–Crippen LogP) is 3.45. The monoisotopic (exact) mass is 408 g/mol. The highest BCUT2D eigenvalue weighted by molar-refractivity contribution is 9.10. The van der Waals surface area contributed by atoms with Crippen LogP contribution in [0.1, 0.15) is 17.2 Å². The number of amides is 2. The van der Waals surface area contributed by atoms with Gasteiger partial charge in [0.15, 0.2) is 0 Å². The second-order valence-corrected chi connectivity index (χ2v) is 6.30. The van der Waals surface area contributed by atoms with Gasteiger partial charge in [-0.3, -0.25) is 0 Å². The van der Waals surface area contributed by atoms with Gasteiger partial charge in [0.1, 0.15) is 11.6 Å². The third-order valence-corrected chi connectivity index (χ3v) is 4.46. The summed E-state index contributed by atoms with van der Waals surface area (Å²) < 4.78 is 27.2. The molecule has 5 nitrogen and oxygen atoms in total. The fraction of sp³-hybridized carbons (Fsp3) is 0.118. The van der Waals surface area contributed by atoms with E-state index in [1.54, 1.807) is 0 Å². The van der Waals surface area contributed by atoms with Crippen molar-refractivity contribution in [1.82, 2.24) is 10.6 Å². The molecule has 0 aromatic heterocycles. The van der Waals surface area contributed by atoms with Crippen LogP contribution in [0.15, 0.2) is 47.1 Å². The quantitative estimate of drug-likeness (QED) is 0.587. The summed E-state index contributed by atoms with van der Waals surface area (Å²) in [7, 11) is 0. The number of hydrogen-bond donors (Lipinski definition) is 4. The van der Waals surface area contributed by atoms with Crippen molar-refractivity contribution < 1.29 is 13.6 Å². The highest BCUT2D eigenvalue weighted by Crippen LogP contribution is 2.31. The molecule has 25 heavy (non-hydrogen) atoms. The molecule has 2 aromatic rings. The highest BCUT2D eigenvalue weighted by atomic mass is 79.9. The average molecular weight is 409 g/mol. The van der Waals surface area contributed by atoms with E-state index in [1.807, 2.05) is 24.3 Å². The molecule has 130 valence electrons. The van der Waals surface area contributed by atoms with Gasteiger partial charge in [-0.05, 0) is 27.6 Å². The second kappa shape index (κ2) is 7.10. The second-order valence-electron chi connectivity index (χ2n) is 5.45. The molecule has 2 aromatic carbocycles. The summed E-state index contributed by atoms with van der Waals surface area (Å²) in [5, 5.41) is 8.14. The standard InChI is InChI=1S/C17H15BrF2N4O/c18-11-5-13(20)14(6-12(11)19)24-17(25)22-8-16-10-4-2-1-3-9(10)15(7-21)23-16/h1-7,16,23H,8,21H2,(H2,22,24,25)/b15-7-. The molecule has 0 bridgehead atoms. The van der Waals surface area contributed by atoms with Crippen LogP contribution in [0.5, 0.6) is 0 Å². The van der Waals surface area contributed by atoms with E-state index >= 15 is 0 Å². The summed E-state index contributed by atoms with van der Waals surface area (Å²) in [4.78, 5) is 12.0. The fourth-order valence-electron chi connectivity index (χ4n) is 2.67. The molecule has 0 radical (unpaired) electrons. The number of halogens is 3. The Kier molecular flexibility index (Phi) is 4.89. The summed E-state index contributed by atoms with van der Waals surface area (Å²) in [6.07, 6.45) is 1.47. The molecule has 1 unspecified atom stereocenters. The number of carbonyl (C=O) groups is 1. The van der Waals surface area contributed by atoms with Crippen LogP contribution >= 0.6 is 15.9 Å².